The van der Waals surface area contributed by atoms with Gasteiger partial charge < -0.3 is 20.1 Å². The number of carbonyl (C=O) groups is 5. The summed E-state index contributed by atoms with van der Waals surface area (Å²) in [6.07, 6.45) is -1.09. The van der Waals surface area contributed by atoms with E-state index >= 15 is 0 Å². The zero-order valence-electron chi connectivity index (χ0n) is 22.0. The van der Waals surface area contributed by atoms with E-state index in [1.165, 1.54) is 6.92 Å². The van der Waals surface area contributed by atoms with Gasteiger partial charge in [0.15, 0.2) is 11.2 Å². The second-order valence-corrected chi connectivity index (χ2v) is 11.6. The quantitative estimate of drug-likeness (QED) is 0.147. The number of esters is 2. The molecule has 37 heavy (non-hydrogen) atoms. The maximum atomic E-state index is 13.0. The highest BCUT2D eigenvalue weighted by molar-refractivity contribution is 8.13. The fraction of sp³-hybridized carbons (Fsp3) is 0.773. The lowest BCUT2D eigenvalue weighted by Gasteiger charge is -2.40. The largest absolute Gasteiger partial charge is 0.466 e. The van der Waals surface area contributed by atoms with Gasteiger partial charge in [-0.15, -0.1) is 0 Å². The van der Waals surface area contributed by atoms with Crippen molar-refractivity contribution in [3.63, 3.8) is 0 Å². The fourth-order valence-corrected chi connectivity index (χ4v) is 5.63. The lowest BCUT2D eigenvalue weighted by atomic mass is 9.87. The van der Waals surface area contributed by atoms with E-state index in [1.54, 1.807) is 27.7 Å². The Morgan fingerprint density at radius 1 is 1.03 bits per heavy atom. The first-order valence-corrected chi connectivity index (χ1v) is 14.6. The minimum absolute atomic E-state index is 0.00400. The third-order valence-corrected chi connectivity index (χ3v) is 7.56. The minimum atomic E-state index is -3.98. The van der Waals surface area contributed by atoms with Crippen LogP contribution in [0.1, 0.15) is 53.9 Å². The van der Waals surface area contributed by atoms with Crippen molar-refractivity contribution in [2.75, 3.05) is 38.7 Å². The Morgan fingerprint density at radius 3 is 2.35 bits per heavy atom. The van der Waals surface area contributed by atoms with Crippen molar-refractivity contribution in [2.24, 2.45) is 5.41 Å². The molecule has 1 aliphatic rings. The first-order valence-electron chi connectivity index (χ1n) is 12.1. The normalized spacial score (nSPS) is 21.4. The zero-order chi connectivity index (χ0) is 28.1. The number of hydrogen-bond donors (Lipinski definition) is 3. The smallest absolute Gasteiger partial charge is 0.407 e. The van der Waals surface area contributed by atoms with Crippen LogP contribution in [0.5, 0.6) is 0 Å². The third-order valence-electron chi connectivity index (χ3n) is 4.97. The molecule has 0 aliphatic carbocycles. The second-order valence-electron chi connectivity index (χ2n) is 8.76. The van der Waals surface area contributed by atoms with E-state index in [1.807, 2.05) is 0 Å². The summed E-state index contributed by atoms with van der Waals surface area (Å²) >= 11 is 1.01. The molecule has 1 rings (SSSR count). The lowest BCUT2D eigenvalue weighted by Crippen LogP contribution is -2.51. The summed E-state index contributed by atoms with van der Waals surface area (Å²) in [6, 6.07) is -0.981. The minimum Gasteiger partial charge on any atom is -0.466 e. The molecule has 15 heteroatoms. The summed E-state index contributed by atoms with van der Waals surface area (Å²) in [7, 11) is -3.98. The molecule has 212 valence electrons. The van der Waals surface area contributed by atoms with E-state index in [9.17, 15) is 28.5 Å². The first-order chi connectivity index (χ1) is 17.3. The van der Waals surface area contributed by atoms with Crippen LogP contribution in [0.15, 0.2) is 0 Å². The maximum Gasteiger partial charge on any atom is 0.407 e. The van der Waals surface area contributed by atoms with Crippen LogP contribution in [0.4, 0.5) is 0 Å². The Kier molecular flexibility index (Phi) is 14.4. The summed E-state index contributed by atoms with van der Waals surface area (Å²) in [6.45, 7) is 8.77. The van der Waals surface area contributed by atoms with Gasteiger partial charge in [0, 0.05) is 37.1 Å². The molecule has 3 atom stereocenters. The van der Waals surface area contributed by atoms with E-state index in [-0.39, 0.29) is 63.2 Å². The molecule has 0 saturated carbocycles. The highest BCUT2D eigenvalue weighted by atomic mass is 32.2. The molecule has 13 nitrogen and oxygen atoms in total. The molecule has 0 aromatic rings. The molecule has 3 N–H and O–H groups in total. The Hall–Kier alpha value is -1.99. The average molecular weight is 568 g/mol. The number of hydrogen-bond acceptors (Lipinski definition) is 11. The fourth-order valence-electron chi connectivity index (χ4n) is 3.01. The molecular formula is C22H38N3O10PS. The molecule has 0 aromatic heterocycles. The van der Waals surface area contributed by atoms with Gasteiger partial charge in [0.05, 0.1) is 26.2 Å². The average Bonchev–Trinajstić information content (AvgIpc) is 2.82. The van der Waals surface area contributed by atoms with Crippen molar-refractivity contribution < 1.29 is 47.1 Å². The number of carbonyl (C=O) groups excluding carboxylic acids is 5. The van der Waals surface area contributed by atoms with Crippen LogP contribution in [-0.2, 0) is 47.1 Å². The Labute approximate surface area is 221 Å². The Bertz CT molecular complexity index is 870. The molecule has 1 unspecified atom stereocenters. The van der Waals surface area contributed by atoms with Crippen LogP contribution >= 0.6 is 19.5 Å². The van der Waals surface area contributed by atoms with Crippen LogP contribution in [0.2, 0.25) is 0 Å². The summed E-state index contributed by atoms with van der Waals surface area (Å²) in [5.41, 5.74) is -0.827. The van der Waals surface area contributed by atoms with E-state index in [4.69, 9.17) is 18.5 Å². The number of ether oxygens (including phenoxy) is 2. The first kappa shape index (κ1) is 33.0. The molecule has 0 aromatic carbocycles. The van der Waals surface area contributed by atoms with E-state index in [0.717, 1.165) is 11.8 Å². The second kappa shape index (κ2) is 16.1. The van der Waals surface area contributed by atoms with Crippen LogP contribution < -0.4 is 15.7 Å². The van der Waals surface area contributed by atoms with E-state index < -0.39 is 43.2 Å². The van der Waals surface area contributed by atoms with Crippen LogP contribution in [-0.4, -0.2) is 79.7 Å². The Morgan fingerprint density at radius 2 is 1.70 bits per heavy atom. The number of thioether (sulfide) groups is 1. The summed E-state index contributed by atoms with van der Waals surface area (Å²) in [5.74, 6) is -1.62. The number of amides is 2. The van der Waals surface area contributed by atoms with Crippen LogP contribution in [0.3, 0.4) is 0 Å². The predicted molar refractivity (Wildman–Crippen MR) is 135 cm³/mol. The maximum absolute atomic E-state index is 13.0. The summed E-state index contributed by atoms with van der Waals surface area (Å²) in [4.78, 5) is 59.6. The molecule has 1 heterocycles. The van der Waals surface area contributed by atoms with Gasteiger partial charge in [0.2, 0.25) is 11.8 Å². The van der Waals surface area contributed by atoms with Crippen molar-refractivity contribution >= 4 is 48.4 Å². The van der Waals surface area contributed by atoms with E-state index in [0.29, 0.717) is 5.75 Å². The standard InChI is InChI=1S/C22H38N3O10PS/c1-6-32-17(27)8-9-18(28)37-13-12-23-16(26)10-11-24-20(29)19-22(4,5)14-34-36(31,35-19)25-15(3)21(30)33-7-2/h15,19H,6-14H2,1-5H3,(H,23,26)(H,24,29)(H,25,31)/t15-,19-,36?/m0/s1. The van der Waals surface area contributed by atoms with Crippen molar-refractivity contribution in [3.8, 4) is 0 Å². The van der Waals surface area contributed by atoms with Gasteiger partial charge in [0.1, 0.15) is 6.04 Å². The molecule has 1 aliphatic heterocycles. The van der Waals surface area contributed by atoms with Crippen molar-refractivity contribution in [3.05, 3.63) is 0 Å². The zero-order valence-corrected chi connectivity index (χ0v) is 23.7. The molecule has 1 saturated heterocycles. The number of rotatable bonds is 15. The molecule has 2 amide bonds. The number of nitrogens with one attached hydrogen (secondary N) is 3. The molecule has 0 bridgehead atoms. The van der Waals surface area contributed by atoms with Gasteiger partial charge in [-0.2, -0.15) is 0 Å². The van der Waals surface area contributed by atoms with Crippen molar-refractivity contribution in [1.82, 2.24) is 15.7 Å². The summed E-state index contributed by atoms with van der Waals surface area (Å²) < 4.78 is 33.4. The molecule has 0 spiro atoms. The van der Waals surface area contributed by atoms with Gasteiger partial charge in [-0.1, -0.05) is 25.6 Å². The van der Waals surface area contributed by atoms with Gasteiger partial charge in [0.25, 0.3) is 0 Å². The van der Waals surface area contributed by atoms with Gasteiger partial charge >= 0.3 is 19.7 Å². The van der Waals surface area contributed by atoms with Gasteiger partial charge in [-0.05, 0) is 20.8 Å². The highest BCUT2D eigenvalue weighted by Crippen LogP contribution is 2.53. The van der Waals surface area contributed by atoms with Gasteiger partial charge in [-0.3, -0.25) is 33.0 Å². The molecule has 0 radical (unpaired) electrons. The SMILES string of the molecule is CCOC(=O)CCC(=O)SCCNC(=O)CCNC(=O)[C@@H]1OP(=O)(N[C@@H](C)C(=O)OCC)OCC1(C)C. The summed E-state index contributed by atoms with van der Waals surface area (Å²) in [5, 5.41) is 7.55. The monoisotopic (exact) mass is 567 g/mol. The van der Waals surface area contributed by atoms with Crippen molar-refractivity contribution in [1.29, 1.82) is 0 Å². The van der Waals surface area contributed by atoms with Crippen molar-refractivity contribution in [2.45, 2.75) is 66.0 Å². The van der Waals surface area contributed by atoms with Gasteiger partial charge in [-0.25, -0.2) is 9.65 Å². The highest BCUT2D eigenvalue weighted by Gasteiger charge is 2.48. The predicted octanol–water partition coefficient (Wildman–Crippen LogP) is 1.30. The van der Waals surface area contributed by atoms with Crippen LogP contribution in [0, 0.1) is 5.41 Å². The Balaban J connectivity index is 2.40. The van der Waals surface area contributed by atoms with Crippen LogP contribution in [0.25, 0.3) is 0 Å². The molecular weight excluding hydrogens is 529 g/mol. The third kappa shape index (κ3) is 12.4. The molecule has 1 fully saturated rings. The lowest BCUT2D eigenvalue weighted by molar-refractivity contribution is -0.145. The topological polar surface area (TPSA) is 175 Å². The van der Waals surface area contributed by atoms with E-state index in [2.05, 4.69) is 15.7 Å².